The summed E-state index contributed by atoms with van der Waals surface area (Å²) < 4.78 is 15.4. The number of aromatic nitrogens is 1. The number of thiazole rings is 1. The van der Waals surface area contributed by atoms with E-state index < -0.39 is 0 Å². The van der Waals surface area contributed by atoms with E-state index in [2.05, 4.69) is 10.3 Å². The van der Waals surface area contributed by atoms with Crippen LogP contribution in [0.3, 0.4) is 0 Å². The van der Waals surface area contributed by atoms with Gasteiger partial charge in [0.25, 0.3) is 5.91 Å². The number of carbonyl (C=O) groups is 3. The predicted molar refractivity (Wildman–Crippen MR) is 118 cm³/mol. The molecule has 1 aliphatic rings. The number of rotatable bonds is 7. The number of nitrogens with zero attached hydrogens (tertiary/aromatic N) is 3. The molecule has 0 spiro atoms. The van der Waals surface area contributed by atoms with Crippen LogP contribution in [0, 0.1) is 0 Å². The second-order valence-electron chi connectivity index (χ2n) is 6.91. The minimum atomic E-state index is -0.353. The Morgan fingerprint density at radius 3 is 2.41 bits per heavy atom. The van der Waals surface area contributed by atoms with Gasteiger partial charge in [0.05, 0.1) is 32.9 Å². The summed E-state index contributed by atoms with van der Waals surface area (Å²) in [5, 5.41) is 4.89. The Labute approximate surface area is 190 Å². The number of ether oxygens (including phenoxy) is 3. The Morgan fingerprint density at radius 1 is 1.06 bits per heavy atom. The SMILES string of the molecule is CCOC(=O)N1CCN(C(=O)Cc2csc(NC(=O)c3ccc(OC)c(OC)c3)n2)CC1. The van der Waals surface area contributed by atoms with Crippen LogP contribution in [-0.4, -0.2) is 79.7 Å². The van der Waals surface area contributed by atoms with Crippen LogP contribution in [0.25, 0.3) is 0 Å². The van der Waals surface area contributed by atoms with Crippen molar-refractivity contribution >= 4 is 34.4 Å². The van der Waals surface area contributed by atoms with Gasteiger partial charge in [-0.05, 0) is 25.1 Å². The molecule has 10 nitrogen and oxygen atoms in total. The highest BCUT2D eigenvalue weighted by Crippen LogP contribution is 2.28. The second kappa shape index (κ2) is 10.8. The number of carbonyl (C=O) groups excluding carboxylic acids is 3. The third-order valence-electron chi connectivity index (χ3n) is 4.91. The predicted octanol–water partition coefficient (Wildman–Crippen LogP) is 2.26. The largest absolute Gasteiger partial charge is 0.493 e. The lowest BCUT2D eigenvalue weighted by molar-refractivity contribution is -0.132. The fraction of sp³-hybridized carbons (Fsp3) is 0.429. The number of benzene rings is 1. The van der Waals surface area contributed by atoms with E-state index in [-0.39, 0.29) is 24.3 Å². The van der Waals surface area contributed by atoms with E-state index in [1.165, 1.54) is 25.6 Å². The normalized spacial score (nSPS) is 13.5. The molecule has 11 heteroatoms. The molecule has 0 unspecified atom stereocenters. The summed E-state index contributed by atoms with van der Waals surface area (Å²) >= 11 is 1.25. The Balaban J connectivity index is 1.53. The summed E-state index contributed by atoms with van der Waals surface area (Å²) in [6.45, 7) is 3.86. The molecule has 2 aromatic rings. The molecule has 2 heterocycles. The van der Waals surface area contributed by atoms with Crippen LogP contribution in [0.5, 0.6) is 11.5 Å². The molecular weight excluding hydrogens is 436 g/mol. The fourth-order valence-corrected chi connectivity index (χ4v) is 3.92. The zero-order valence-electron chi connectivity index (χ0n) is 18.3. The molecule has 1 aliphatic heterocycles. The Morgan fingerprint density at radius 2 is 1.75 bits per heavy atom. The van der Waals surface area contributed by atoms with E-state index in [4.69, 9.17) is 14.2 Å². The molecule has 0 radical (unpaired) electrons. The van der Waals surface area contributed by atoms with Crippen molar-refractivity contribution < 1.29 is 28.6 Å². The third kappa shape index (κ3) is 5.67. The number of hydrogen-bond acceptors (Lipinski definition) is 8. The summed E-state index contributed by atoms with van der Waals surface area (Å²) in [6, 6.07) is 4.87. The minimum absolute atomic E-state index is 0.0726. The van der Waals surface area contributed by atoms with Crippen molar-refractivity contribution in [2.45, 2.75) is 13.3 Å². The lowest BCUT2D eigenvalue weighted by atomic mass is 10.2. The van der Waals surface area contributed by atoms with Crippen molar-refractivity contribution in [3.8, 4) is 11.5 Å². The zero-order valence-corrected chi connectivity index (χ0v) is 19.1. The number of hydrogen-bond donors (Lipinski definition) is 1. The van der Waals surface area contributed by atoms with E-state index in [0.717, 1.165) is 0 Å². The van der Waals surface area contributed by atoms with Crippen LogP contribution in [0.15, 0.2) is 23.6 Å². The molecule has 0 aliphatic carbocycles. The summed E-state index contributed by atoms with van der Waals surface area (Å²) in [4.78, 5) is 44.6. The van der Waals surface area contributed by atoms with Crippen LogP contribution < -0.4 is 14.8 Å². The molecule has 1 fully saturated rings. The van der Waals surface area contributed by atoms with E-state index in [9.17, 15) is 14.4 Å². The van der Waals surface area contributed by atoms with E-state index in [0.29, 0.717) is 60.7 Å². The number of nitrogens with one attached hydrogen (secondary N) is 1. The molecule has 0 atom stereocenters. The fourth-order valence-electron chi connectivity index (χ4n) is 3.21. The van der Waals surface area contributed by atoms with Crippen molar-refractivity contribution in [3.05, 3.63) is 34.8 Å². The quantitative estimate of drug-likeness (QED) is 0.672. The van der Waals surface area contributed by atoms with Crippen LogP contribution in [0.1, 0.15) is 23.0 Å². The number of anilines is 1. The highest BCUT2D eigenvalue weighted by atomic mass is 32.1. The molecule has 32 heavy (non-hydrogen) atoms. The van der Waals surface area contributed by atoms with Crippen LogP contribution in [0.4, 0.5) is 9.93 Å². The van der Waals surface area contributed by atoms with E-state index in [1.807, 2.05) is 0 Å². The van der Waals surface area contributed by atoms with E-state index in [1.54, 1.807) is 40.3 Å². The smallest absolute Gasteiger partial charge is 0.409 e. The number of piperazine rings is 1. The van der Waals surface area contributed by atoms with Gasteiger partial charge in [-0.2, -0.15) is 0 Å². The van der Waals surface area contributed by atoms with Gasteiger partial charge in [0, 0.05) is 37.1 Å². The van der Waals surface area contributed by atoms with Gasteiger partial charge in [-0.1, -0.05) is 0 Å². The number of amides is 3. The zero-order chi connectivity index (χ0) is 23.1. The maximum Gasteiger partial charge on any atom is 0.409 e. The molecular formula is C21H26N4O6S. The van der Waals surface area contributed by atoms with Crippen molar-refractivity contribution in [1.29, 1.82) is 0 Å². The van der Waals surface area contributed by atoms with Crippen LogP contribution >= 0.6 is 11.3 Å². The average molecular weight is 463 g/mol. The van der Waals surface area contributed by atoms with Crippen molar-refractivity contribution in [2.24, 2.45) is 0 Å². The van der Waals surface area contributed by atoms with Crippen molar-refractivity contribution in [1.82, 2.24) is 14.8 Å². The van der Waals surface area contributed by atoms with Crippen molar-refractivity contribution in [2.75, 3.05) is 52.3 Å². The van der Waals surface area contributed by atoms with Gasteiger partial charge in [0.2, 0.25) is 5.91 Å². The van der Waals surface area contributed by atoms with Gasteiger partial charge in [-0.15, -0.1) is 11.3 Å². The highest BCUT2D eigenvalue weighted by molar-refractivity contribution is 7.14. The maximum atomic E-state index is 12.6. The summed E-state index contributed by atoms with van der Waals surface area (Å²) in [5.74, 6) is 0.570. The van der Waals surface area contributed by atoms with Crippen molar-refractivity contribution in [3.63, 3.8) is 0 Å². The standard InChI is InChI=1S/C21H26N4O6S/c1-4-31-21(28)25-9-7-24(8-10-25)18(26)12-15-13-32-20(22-15)23-19(27)14-5-6-16(29-2)17(11-14)30-3/h5-6,11,13H,4,7-10,12H2,1-3H3,(H,22,23,27). The monoisotopic (exact) mass is 462 g/mol. The summed E-state index contributed by atoms with van der Waals surface area (Å²) in [5.41, 5.74) is 0.977. The minimum Gasteiger partial charge on any atom is -0.493 e. The lowest BCUT2D eigenvalue weighted by Gasteiger charge is -2.34. The molecule has 3 rings (SSSR count). The molecule has 0 saturated carbocycles. The number of methoxy groups -OCH3 is 2. The first-order chi connectivity index (χ1) is 15.4. The molecule has 3 amide bonds. The Hall–Kier alpha value is -3.34. The van der Waals surface area contributed by atoms with Gasteiger partial charge in [0.1, 0.15) is 0 Å². The second-order valence-corrected chi connectivity index (χ2v) is 7.77. The topological polar surface area (TPSA) is 110 Å². The summed E-state index contributed by atoms with van der Waals surface area (Å²) in [6.07, 6.45) is -0.226. The molecule has 0 bridgehead atoms. The Kier molecular flexibility index (Phi) is 7.87. The average Bonchev–Trinajstić information content (AvgIpc) is 3.25. The van der Waals surface area contributed by atoms with Gasteiger partial charge < -0.3 is 24.0 Å². The Bertz CT molecular complexity index is 971. The van der Waals surface area contributed by atoms with E-state index >= 15 is 0 Å². The maximum absolute atomic E-state index is 12.6. The molecule has 1 N–H and O–H groups in total. The van der Waals surface area contributed by atoms with Gasteiger partial charge in [-0.25, -0.2) is 9.78 Å². The van der Waals surface area contributed by atoms with Gasteiger partial charge >= 0.3 is 6.09 Å². The van der Waals surface area contributed by atoms with Crippen LogP contribution in [0.2, 0.25) is 0 Å². The van der Waals surface area contributed by atoms with Gasteiger partial charge in [0.15, 0.2) is 16.6 Å². The van der Waals surface area contributed by atoms with Gasteiger partial charge in [-0.3, -0.25) is 14.9 Å². The summed E-state index contributed by atoms with van der Waals surface area (Å²) in [7, 11) is 3.02. The molecule has 1 aromatic heterocycles. The first-order valence-corrected chi connectivity index (χ1v) is 11.0. The molecule has 172 valence electrons. The lowest BCUT2D eigenvalue weighted by Crippen LogP contribution is -2.51. The molecule has 1 saturated heterocycles. The highest BCUT2D eigenvalue weighted by Gasteiger charge is 2.25. The first-order valence-electron chi connectivity index (χ1n) is 10.1. The molecule has 1 aromatic carbocycles. The first kappa shape index (κ1) is 23.3. The third-order valence-corrected chi connectivity index (χ3v) is 5.72. The van der Waals surface area contributed by atoms with Crippen LogP contribution in [-0.2, 0) is 16.0 Å².